The molecule has 2 N–H and O–H groups in total. The number of pyridine rings is 1. The molecule has 0 atom stereocenters. The van der Waals surface area contributed by atoms with Gasteiger partial charge in [-0.15, -0.1) is 0 Å². The predicted octanol–water partition coefficient (Wildman–Crippen LogP) is 1.30. The maximum atomic E-state index is 11.6. The molecule has 0 unspecified atom stereocenters. The average Bonchev–Trinajstić information content (AvgIpc) is 2.40. The highest BCUT2D eigenvalue weighted by atomic mass is 16.1. The number of rotatable bonds is 7. The number of hydrogen-bond donors (Lipinski definition) is 1. The summed E-state index contributed by atoms with van der Waals surface area (Å²) in [6, 6.07) is 5.25. The van der Waals surface area contributed by atoms with Crippen LogP contribution in [0.4, 0.5) is 0 Å². The molecule has 0 radical (unpaired) electrons. The summed E-state index contributed by atoms with van der Waals surface area (Å²) in [4.78, 5) is 13.9. The van der Waals surface area contributed by atoms with E-state index in [2.05, 4.69) is 25.8 Å². The Morgan fingerprint density at radius 1 is 1.33 bits per heavy atom. The lowest BCUT2D eigenvalue weighted by Gasteiger charge is -2.40. The van der Waals surface area contributed by atoms with Gasteiger partial charge in [0.25, 0.3) is 5.56 Å². The summed E-state index contributed by atoms with van der Waals surface area (Å²) in [5.41, 5.74) is 6.03. The van der Waals surface area contributed by atoms with Crippen molar-refractivity contribution in [3.05, 3.63) is 34.7 Å². The fourth-order valence-corrected chi connectivity index (χ4v) is 2.37. The molecule has 1 aromatic rings. The van der Waals surface area contributed by atoms with Gasteiger partial charge in [-0.3, -0.25) is 9.69 Å². The number of nitrogens with two attached hydrogens (primary N) is 1. The molecule has 0 amide bonds. The standard InChI is InChI=1S/C14H25N3O/c1-4-14(5-2,12-15)16(3)10-11-17-9-7-6-8-13(17)18/h6-9H,4-5,10-12,15H2,1-3H3. The average molecular weight is 251 g/mol. The second-order valence-electron chi connectivity index (χ2n) is 4.79. The third-order valence-electron chi connectivity index (χ3n) is 4.08. The van der Waals surface area contributed by atoms with Gasteiger partial charge in [-0.05, 0) is 26.0 Å². The van der Waals surface area contributed by atoms with Crippen molar-refractivity contribution in [3.63, 3.8) is 0 Å². The van der Waals surface area contributed by atoms with Gasteiger partial charge in [0.1, 0.15) is 0 Å². The SMILES string of the molecule is CCC(CC)(CN)N(C)CCn1ccccc1=O. The van der Waals surface area contributed by atoms with Crippen molar-refractivity contribution in [1.82, 2.24) is 9.47 Å². The van der Waals surface area contributed by atoms with Gasteiger partial charge in [-0.25, -0.2) is 0 Å². The number of likely N-dealkylation sites (N-methyl/N-ethyl adjacent to an activating group) is 1. The Hall–Kier alpha value is -1.13. The summed E-state index contributed by atoms with van der Waals surface area (Å²) >= 11 is 0. The highest BCUT2D eigenvalue weighted by Crippen LogP contribution is 2.20. The molecule has 0 aliphatic heterocycles. The van der Waals surface area contributed by atoms with Gasteiger partial charge in [-0.1, -0.05) is 19.9 Å². The molecule has 4 heteroatoms. The van der Waals surface area contributed by atoms with Crippen LogP contribution >= 0.6 is 0 Å². The molecule has 0 aromatic carbocycles. The molecule has 0 aliphatic rings. The molecule has 18 heavy (non-hydrogen) atoms. The van der Waals surface area contributed by atoms with Crippen LogP contribution in [0, 0.1) is 0 Å². The van der Waals surface area contributed by atoms with Gasteiger partial charge < -0.3 is 10.3 Å². The third kappa shape index (κ3) is 3.21. The Labute approximate surface area is 109 Å². The summed E-state index contributed by atoms with van der Waals surface area (Å²) in [7, 11) is 2.09. The van der Waals surface area contributed by atoms with Gasteiger partial charge in [-0.2, -0.15) is 0 Å². The van der Waals surface area contributed by atoms with Crippen LogP contribution in [0.2, 0.25) is 0 Å². The lowest BCUT2D eigenvalue weighted by molar-refractivity contribution is 0.111. The monoisotopic (exact) mass is 251 g/mol. The summed E-state index contributed by atoms with van der Waals surface area (Å²) in [6.45, 7) is 6.53. The molecule has 0 saturated heterocycles. The van der Waals surface area contributed by atoms with E-state index >= 15 is 0 Å². The van der Waals surface area contributed by atoms with Crippen LogP contribution in [0.1, 0.15) is 26.7 Å². The summed E-state index contributed by atoms with van der Waals surface area (Å²) < 4.78 is 1.74. The highest BCUT2D eigenvalue weighted by Gasteiger charge is 2.28. The van der Waals surface area contributed by atoms with Crippen molar-refractivity contribution < 1.29 is 0 Å². The van der Waals surface area contributed by atoms with E-state index in [1.165, 1.54) is 0 Å². The lowest BCUT2D eigenvalue weighted by Crippen LogP contribution is -2.52. The number of hydrogen-bond acceptors (Lipinski definition) is 3. The second-order valence-corrected chi connectivity index (χ2v) is 4.79. The topological polar surface area (TPSA) is 51.3 Å². The quantitative estimate of drug-likeness (QED) is 0.794. The van der Waals surface area contributed by atoms with Crippen molar-refractivity contribution >= 4 is 0 Å². The van der Waals surface area contributed by atoms with Crippen LogP contribution in [-0.4, -0.2) is 35.1 Å². The molecule has 1 heterocycles. The van der Waals surface area contributed by atoms with Crippen LogP contribution in [0.25, 0.3) is 0 Å². The maximum Gasteiger partial charge on any atom is 0.250 e. The summed E-state index contributed by atoms with van der Waals surface area (Å²) in [5, 5.41) is 0. The van der Waals surface area contributed by atoms with Gasteiger partial charge in [0.15, 0.2) is 0 Å². The number of aromatic nitrogens is 1. The zero-order valence-corrected chi connectivity index (χ0v) is 11.7. The fourth-order valence-electron chi connectivity index (χ4n) is 2.37. The Bertz CT molecular complexity index is 401. The van der Waals surface area contributed by atoms with Crippen molar-refractivity contribution in [1.29, 1.82) is 0 Å². The van der Waals surface area contributed by atoms with Crippen molar-refractivity contribution in [2.75, 3.05) is 20.1 Å². The first-order valence-corrected chi connectivity index (χ1v) is 6.66. The molecule has 102 valence electrons. The van der Waals surface area contributed by atoms with E-state index in [1.807, 2.05) is 12.3 Å². The number of nitrogens with zero attached hydrogens (tertiary/aromatic N) is 2. The molecule has 1 rings (SSSR count). The minimum atomic E-state index is 0.0530. The third-order valence-corrected chi connectivity index (χ3v) is 4.08. The van der Waals surface area contributed by atoms with Crippen molar-refractivity contribution in [3.8, 4) is 0 Å². The van der Waals surface area contributed by atoms with E-state index < -0.39 is 0 Å². The maximum absolute atomic E-state index is 11.6. The fraction of sp³-hybridized carbons (Fsp3) is 0.643. The minimum absolute atomic E-state index is 0.0530. The normalized spacial score (nSPS) is 12.1. The Morgan fingerprint density at radius 3 is 2.50 bits per heavy atom. The van der Waals surface area contributed by atoms with Crippen LogP contribution in [-0.2, 0) is 6.54 Å². The zero-order valence-electron chi connectivity index (χ0n) is 11.7. The molecule has 0 spiro atoms. The second kappa shape index (κ2) is 6.71. The van der Waals surface area contributed by atoms with E-state index in [0.717, 1.165) is 19.4 Å². The first-order chi connectivity index (χ1) is 8.59. The van der Waals surface area contributed by atoms with Gasteiger partial charge in [0.05, 0.1) is 0 Å². The van der Waals surface area contributed by atoms with Gasteiger partial charge in [0.2, 0.25) is 0 Å². The predicted molar refractivity (Wildman–Crippen MR) is 75.7 cm³/mol. The zero-order chi connectivity index (χ0) is 13.6. The van der Waals surface area contributed by atoms with Gasteiger partial charge >= 0.3 is 0 Å². The Kier molecular flexibility index (Phi) is 5.56. The lowest BCUT2D eigenvalue weighted by atomic mass is 9.91. The smallest absolute Gasteiger partial charge is 0.250 e. The van der Waals surface area contributed by atoms with Crippen molar-refractivity contribution in [2.45, 2.75) is 38.8 Å². The molecule has 0 bridgehead atoms. The van der Waals surface area contributed by atoms with E-state index in [1.54, 1.807) is 16.7 Å². The Balaban J connectivity index is 2.68. The van der Waals surface area contributed by atoms with Crippen LogP contribution < -0.4 is 11.3 Å². The first-order valence-electron chi connectivity index (χ1n) is 6.66. The van der Waals surface area contributed by atoms with Crippen LogP contribution in [0.5, 0.6) is 0 Å². The van der Waals surface area contributed by atoms with E-state index in [0.29, 0.717) is 13.1 Å². The molecular weight excluding hydrogens is 226 g/mol. The molecular formula is C14H25N3O. The van der Waals surface area contributed by atoms with Crippen molar-refractivity contribution in [2.24, 2.45) is 5.73 Å². The summed E-state index contributed by atoms with van der Waals surface area (Å²) in [6.07, 6.45) is 3.89. The first kappa shape index (κ1) is 14.9. The molecule has 0 aliphatic carbocycles. The largest absolute Gasteiger partial charge is 0.329 e. The van der Waals surface area contributed by atoms with Gasteiger partial charge in [0, 0.05) is 37.4 Å². The highest BCUT2D eigenvalue weighted by molar-refractivity contribution is 4.94. The summed E-state index contributed by atoms with van der Waals surface area (Å²) in [5.74, 6) is 0. The van der Waals surface area contributed by atoms with Crippen LogP contribution in [0.15, 0.2) is 29.2 Å². The van der Waals surface area contributed by atoms with E-state index in [4.69, 9.17) is 5.73 Å². The molecule has 4 nitrogen and oxygen atoms in total. The molecule has 0 saturated carbocycles. The van der Waals surface area contributed by atoms with E-state index in [9.17, 15) is 4.79 Å². The molecule has 1 aromatic heterocycles. The van der Waals surface area contributed by atoms with Crippen LogP contribution in [0.3, 0.4) is 0 Å². The van der Waals surface area contributed by atoms with E-state index in [-0.39, 0.29) is 11.1 Å². The molecule has 0 fully saturated rings. The minimum Gasteiger partial charge on any atom is -0.329 e. The Morgan fingerprint density at radius 2 is 2.00 bits per heavy atom.